The Bertz CT molecular complexity index is 1320. The van der Waals surface area contributed by atoms with Crippen LogP contribution >= 0.6 is 7.26 Å². The lowest BCUT2D eigenvalue weighted by Gasteiger charge is -2.27. The fraction of sp³-hybridized carbons (Fsp3) is 0.390. The summed E-state index contributed by atoms with van der Waals surface area (Å²) < 4.78 is 5.25. The fourth-order valence-electron chi connectivity index (χ4n) is 6.39. The van der Waals surface area contributed by atoms with Gasteiger partial charge in [-0.15, -0.1) is 0 Å². The van der Waals surface area contributed by atoms with Crippen molar-refractivity contribution in [1.29, 1.82) is 0 Å². The molecule has 4 aromatic rings. The molecule has 2 N–H and O–H groups in total. The molecule has 47 heavy (non-hydrogen) atoms. The minimum Gasteiger partial charge on any atom is -1.00 e. The smallest absolute Gasteiger partial charge is 0.341 e. The van der Waals surface area contributed by atoms with Crippen LogP contribution in [-0.2, 0) is 4.74 Å². The molecule has 4 nitrogen and oxygen atoms in total. The number of benzene rings is 4. The molecule has 6 heteroatoms. The molecule has 0 heterocycles. The average Bonchev–Trinajstić information content (AvgIpc) is 3.09. The number of carbonyl (C=O) groups is 1. The van der Waals surface area contributed by atoms with Crippen LogP contribution in [0.5, 0.6) is 11.5 Å². The number of phenols is 2. The fourth-order valence-corrected chi connectivity index (χ4v) is 10.8. The third kappa shape index (κ3) is 12.1. The first-order chi connectivity index (χ1) is 22.6. The van der Waals surface area contributed by atoms with Crippen molar-refractivity contribution in [2.24, 2.45) is 0 Å². The number of ether oxygens (including phenoxy) is 1. The van der Waals surface area contributed by atoms with Crippen molar-refractivity contribution in [3.63, 3.8) is 0 Å². The quantitative estimate of drug-likeness (QED) is 0.0571. The van der Waals surface area contributed by atoms with E-state index in [2.05, 4.69) is 91.0 Å². The topological polar surface area (TPSA) is 66.8 Å². The number of carbonyl (C=O) groups excluding carboxylic acids is 1. The van der Waals surface area contributed by atoms with E-state index in [4.69, 9.17) is 4.74 Å². The molecule has 252 valence electrons. The summed E-state index contributed by atoms with van der Waals surface area (Å²) in [6.45, 7) is 0.356. The van der Waals surface area contributed by atoms with E-state index < -0.39 is 13.2 Å². The van der Waals surface area contributed by atoms with Crippen LogP contribution in [0.15, 0.2) is 109 Å². The molecule has 0 fully saturated rings. The Kier molecular flexibility index (Phi) is 17.7. The van der Waals surface area contributed by atoms with Crippen molar-refractivity contribution in [3.8, 4) is 11.5 Å². The molecule has 0 aliphatic heterocycles. The van der Waals surface area contributed by atoms with Crippen LogP contribution in [0.4, 0.5) is 0 Å². The number of rotatable bonds is 21. The molecule has 0 saturated heterocycles. The number of aromatic hydroxyl groups is 2. The van der Waals surface area contributed by atoms with Crippen molar-refractivity contribution in [2.75, 3.05) is 12.8 Å². The van der Waals surface area contributed by atoms with Crippen LogP contribution in [0.3, 0.4) is 0 Å². The average molecular weight is 720 g/mol. The number of unbranched alkanes of at least 4 members (excludes halogenated alkanes) is 13. The predicted molar refractivity (Wildman–Crippen MR) is 195 cm³/mol. The van der Waals surface area contributed by atoms with Gasteiger partial charge in [-0.2, -0.15) is 0 Å². The Morgan fingerprint density at radius 1 is 0.511 bits per heavy atom. The maximum Gasteiger partial charge on any atom is 0.341 e. The van der Waals surface area contributed by atoms with Crippen LogP contribution in [0.1, 0.15) is 100 Å². The van der Waals surface area contributed by atoms with Gasteiger partial charge in [0, 0.05) is 6.07 Å². The standard InChI is InChI=1S/C41H51O4P.BrH/c42-35-30-31-39(40(43)34-35)41(44)45-32-22-11-9-7-5-3-1-2-4-6-8-10-12-23-33-46(36-24-16-13-17-25-36,37-26-18-14-19-27-37)38-28-20-15-21-29-38;/h13-21,24-31,34H,1-12,22-23,32-33H2,(H-,42,43,44);1H. The Hall–Kier alpha value is -3.14. The number of phenolic OH excluding ortho intramolecular Hbond substituents is 2. The molecular weight excluding hydrogens is 667 g/mol. The highest BCUT2D eigenvalue weighted by atomic mass is 79.9. The zero-order valence-electron chi connectivity index (χ0n) is 27.7. The molecule has 0 amide bonds. The van der Waals surface area contributed by atoms with E-state index in [1.165, 1.54) is 105 Å². The van der Waals surface area contributed by atoms with Gasteiger partial charge in [0.2, 0.25) is 0 Å². The monoisotopic (exact) mass is 718 g/mol. The third-order valence-corrected chi connectivity index (χ3v) is 13.4. The molecular formula is C41H52BrO4P. The first-order valence-corrected chi connectivity index (χ1v) is 19.3. The van der Waals surface area contributed by atoms with E-state index in [-0.39, 0.29) is 34.0 Å². The zero-order valence-corrected chi connectivity index (χ0v) is 30.2. The molecule has 0 bridgehead atoms. The highest BCUT2D eigenvalue weighted by Crippen LogP contribution is 2.56. The van der Waals surface area contributed by atoms with Crippen LogP contribution in [0.25, 0.3) is 0 Å². The molecule has 0 atom stereocenters. The second-order valence-electron chi connectivity index (χ2n) is 12.3. The van der Waals surface area contributed by atoms with Crippen molar-refractivity contribution < 1.29 is 36.7 Å². The Morgan fingerprint density at radius 3 is 1.30 bits per heavy atom. The number of hydrogen-bond acceptors (Lipinski definition) is 4. The highest BCUT2D eigenvalue weighted by molar-refractivity contribution is 7.95. The Balaban J connectivity index is 0.00000600. The largest absolute Gasteiger partial charge is 1.00 e. The first kappa shape index (κ1) is 38.3. The van der Waals surface area contributed by atoms with E-state index >= 15 is 0 Å². The van der Waals surface area contributed by atoms with E-state index in [0.717, 1.165) is 25.3 Å². The second-order valence-corrected chi connectivity index (χ2v) is 15.9. The SMILES string of the molecule is O=C(OCCCCCCCCCCCCCCCC[P+](c1ccccc1)(c1ccccc1)c1ccccc1)c1ccc(O)cc1O.[Br-]. The summed E-state index contributed by atoms with van der Waals surface area (Å²) in [6.07, 6.45) is 18.6. The molecule has 4 aromatic carbocycles. The third-order valence-electron chi connectivity index (χ3n) is 8.91. The molecule has 0 spiro atoms. The molecule has 0 radical (unpaired) electrons. The molecule has 0 aromatic heterocycles. The molecule has 0 saturated carbocycles. The molecule has 0 aliphatic carbocycles. The summed E-state index contributed by atoms with van der Waals surface area (Å²) in [4.78, 5) is 12.0. The van der Waals surface area contributed by atoms with E-state index in [9.17, 15) is 15.0 Å². The van der Waals surface area contributed by atoms with E-state index in [1.54, 1.807) is 0 Å². The summed E-state index contributed by atoms with van der Waals surface area (Å²) in [5.41, 5.74) is 0.0894. The van der Waals surface area contributed by atoms with Crippen molar-refractivity contribution in [1.82, 2.24) is 0 Å². The Labute approximate surface area is 293 Å². The second kappa shape index (κ2) is 21.7. The van der Waals surface area contributed by atoms with Crippen LogP contribution in [-0.4, -0.2) is 29.0 Å². The summed E-state index contributed by atoms with van der Waals surface area (Å²) in [5.74, 6) is -0.879. The zero-order chi connectivity index (χ0) is 32.3. The van der Waals surface area contributed by atoms with E-state index in [0.29, 0.717) is 6.61 Å². The summed E-state index contributed by atoms with van der Waals surface area (Å²) >= 11 is 0. The lowest BCUT2D eigenvalue weighted by Crippen LogP contribution is -3.00. The summed E-state index contributed by atoms with van der Waals surface area (Å²) in [7, 11) is -1.70. The van der Waals surface area contributed by atoms with Gasteiger partial charge in [0.1, 0.15) is 40.2 Å². The summed E-state index contributed by atoms with van der Waals surface area (Å²) in [6, 6.07) is 37.6. The first-order valence-electron chi connectivity index (χ1n) is 17.4. The maximum absolute atomic E-state index is 12.0. The van der Waals surface area contributed by atoms with Gasteiger partial charge in [-0.3, -0.25) is 0 Å². The number of hydrogen-bond donors (Lipinski definition) is 2. The van der Waals surface area contributed by atoms with Crippen LogP contribution in [0.2, 0.25) is 0 Å². The lowest BCUT2D eigenvalue weighted by atomic mass is 10.0. The predicted octanol–water partition coefficient (Wildman–Crippen LogP) is 6.71. The minimum absolute atomic E-state index is 0. The van der Waals surface area contributed by atoms with Gasteiger partial charge in [-0.1, -0.05) is 125 Å². The lowest BCUT2D eigenvalue weighted by molar-refractivity contribution is -0.0000307. The van der Waals surface area contributed by atoms with Gasteiger partial charge in [-0.05, 0) is 67.8 Å². The summed E-state index contributed by atoms with van der Waals surface area (Å²) in [5, 5.41) is 23.6. The van der Waals surface area contributed by atoms with E-state index in [1.807, 2.05) is 0 Å². The van der Waals surface area contributed by atoms with Gasteiger partial charge in [-0.25, -0.2) is 4.79 Å². The molecule has 0 aliphatic rings. The van der Waals surface area contributed by atoms with Gasteiger partial charge in [0.15, 0.2) is 0 Å². The van der Waals surface area contributed by atoms with Gasteiger partial charge >= 0.3 is 5.97 Å². The van der Waals surface area contributed by atoms with Crippen molar-refractivity contribution in [2.45, 2.75) is 89.9 Å². The Morgan fingerprint density at radius 2 is 0.894 bits per heavy atom. The molecule has 0 unspecified atom stereocenters. The number of esters is 1. The van der Waals surface area contributed by atoms with Gasteiger partial charge < -0.3 is 31.9 Å². The normalized spacial score (nSPS) is 11.1. The molecule has 4 rings (SSSR count). The number of halogens is 1. The van der Waals surface area contributed by atoms with Crippen molar-refractivity contribution >= 4 is 29.1 Å². The minimum atomic E-state index is -1.70. The maximum atomic E-state index is 12.0. The van der Waals surface area contributed by atoms with Gasteiger partial charge in [0.05, 0.1) is 12.8 Å². The van der Waals surface area contributed by atoms with Crippen molar-refractivity contribution in [3.05, 3.63) is 115 Å². The van der Waals surface area contributed by atoms with Crippen LogP contribution < -0.4 is 32.9 Å². The van der Waals surface area contributed by atoms with Crippen LogP contribution in [0, 0.1) is 0 Å². The highest BCUT2D eigenvalue weighted by Gasteiger charge is 2.44. The van der Waals surface area contributed by atoms with Gasteiger partial charge in [0.25, 0.3) is 0 Å².